The zero-order valence-electron chi connectivity index (χ0n) is 17.1. The number of hydrogen-bond donors (Lipinski definition) is 4. The predicted molar refractivity (Wildman–Crippen MR) is 107 cm³/mol. The summed E-state index contributed by atoms with van der Waals surface area (Å²) < 4.78 is 0. The highest BCUT2D eigenvalue weighted by Crippen LogP contribution is 2.07. The number of imide groups is 1. The van der Waals surface area contributed by atoms with Crippen LogP contribution in [-0.2, 0) is 24.0 Å². The lowest BCUT2D eigenvalue weighted by Crippen LogP contribution is -2.45. The monoisotopic (exact) mass is 423 g/mol. The number of urea groups is 1. The fourth-order valence-corrected chi connectivity index (χ4v) is 2.79. The first kappa shape index (κ1) is 24.8. The summed E-state index contributed by atoms with van der Waals surface area (Å²) in [7, 11) is 0. The molecule has 5 N–H and O–H groups in total. The molecule has 166 valence electrons. The maximum atomic E-state index is 11.9. The van der Waals surface area contributed by atoms with E-state index in [0.29, 0.717) is 45.2 Å². The Morgan fingerprint density at radius 3 is 2.23 bits per heavy atom. The van der Waals surface area contributed by atoms with Gasteiger partial charge in [-0.3, -0.25) is 28.9 Å². The molecule has 0 saturated carbocycles. The van der Waals surface area contributed by atoms with Gasteiger partial charge in [-0.25, -0.2) is 4.79 Å². The Hall–Kier alpha value is -3.24. The van der Waals surface area contributed by atoms with E-state index < -0.39 is 18.0 Å². The van der Waals surface area contributed by atoms with E-state index >= 15 is 0 Å². The average molecular weight is 423 g/mol. The number of hydrogen-bond acceptors (Lipinski definition) is 6. The Balaban J connectivity index is 2.16. The topological polar surface area (TPSA) is 168 Å². The SMILES string of the molecule is CC(=O)C(CCCNC(N)=O)NC(=O)CNC(=O)CCCCCN1C(=O)C=CC1=O. The van der Waals surface area contributed by atoms with Crippen molar-refractivity contribution in [2.75, 3.05) is 19.6 Å². The second-order valence-corrected chi connectivity index (χ2v) is 6.91. The average Bonchev–Trinajstić information content (AvgIpc) is 2.99. The molecule has 11 heteroatoms. The van der Waals surface area contributed by atoms with Crippen molar-refractivity contribution in [2.24, 2.45) is 5.73 Å². The van der Waals surface area contributed by atoms with Crippen molar-refractivity contribution in [3.8, 4) is 0 Å². The molecule has 0 aromatic heterocycles. The number of ketones is 1. The van der Waals surface area contributed by atoms with Gasteiger partial charge in [-0.1, -0.05) is 6.42 Å². The van der Waals surface area contributed by atoms with Gasteiger partial charge in [-0.2, -0.15) is 0 Å². The zero-order chi connectivity index (χ0) is 22.5. The number of carbonyl (C=O) groups excluding carboxylic acids is 6. The van der Waals surface area contributed by atoms with Crippen LogP contribution in [0.25, 0.3) is 0 Å². The Morgan fingerprint density at radius 1 is 0.967 bits per heavy atom. The van der Waals surface area contributed by atoms with Crippen LogP contribution >= 0.6 is 0 Å². The summed E-state index contributed by atoms with van der Waals surface area (Å²) in [6, 6.07) is -1.36. The quantitative estimate of drug-likeness (QED) is 0.209. The lowest BCUT2D eigenvalue weighted by atomic mass is 10.1. The summed E-state index contributed by atoms with van der Waals surface area (Å²) in [5, 5.41) is 7.44. The molecule has 0 bridgehead atoms. The molecule has 0 saturated heterocycles. The van der Waals surface area contributed by atoms with Gasteiger partial charge in [0.05, 0.1) is 12.6 Å². The van der Waals surface area contributed by atoms with Crippen molar-refractivity contribution >= 4 is 35.4 Å². The largest absolute Gasteiger partial charge is 0.352 e. The van der Waals surface area contributed by atoms with Crippen molar-refractivity contribution in [3.63, 3.8) is 0 Å². The van der Waals surface area contributed by atoms with E-state index in [1.807, 2.05) is 0 Å². The molecule has 0 aliphatic carbocycles. The first-order valence-corrected chi connectivity index (χ1v) is 9.84. The molecule has 1 aliphatic rings. The van der Waals surface area contributed by atoms with Crippen molar-refractivity contribution in [3.05, 3.63) is 12.2 Å². The standard InChI is InChI=1S/C19H29N5O6/c1-13(25)14(6-5-10-21-19(20)30)23-16(27)12-22-15(26)7-3-2-4-11-24-17(28)8-9-18(24)29/h8-9,14H,2-7,10-12H2,1H3,(H,22,26)(H,23,27)(H3,20,21,30). The van der Waals surface area contributed by atoms with Crippen LogP contribution in [-0.4, -0.2) is 66.0 Å². The van der Waals surface area contributed by atoms with Gasteiger partial charge in [0.25, 0.3) is 11.8 Å². The summed E-state index contributed by atoms with van der Waals surface area (Å²) in [5.41, 5.74) is 4.95. The van der Waals surface area contributed by atoms with Crippen LogP contribution in [0.4, 0.5) is 4.79 Å². The molecule has 0 aromatic carbocycles. The number of unbranched alkanes of at least 4 members (excludes halogenated alkanes) is 2. The van der Waals surface area contributed by atoms with Crippen molar-refractivity contribution in [1.82, 2.24) is 20.9 Å². The lowest BCUT2D eigenvalue weighted by Gasteiger charge is -2.16. The molecule has 0 aromatic rings. The summed E-state index contributed by atoms with van der Waals surface area (Å²) in [5.74, 6) is -1.65. The van der Waals surface area contributed by atoms with Crippen molar-refractivity contribution in [2.45, 2.75) is 51.5 Å². The van der Waals surface area contributed by atoms with Crippen molar-refractivity contribution in [1.29, 1.82) is 0 Å². The van der Waals surface area contributed by atoms with Gasteiger partial charge in [0, 0.05) is 31.7 Å². The van der Waals surface area contributed by atoms with Crippen LogP contribution in [0, 0.1) is 0 Å². The molecule has 1 heterocycles. The molecule has 11 nitrogen and oxygen atoms in total. The van der Waals surface area contributed by atoms with Crippen molar-refractivity contribution < 1.29 is 28.8 Å². The second kappa shape index (κ2) is 13.1. The van der Waals surface area contributed by atoms with Crippen LogP contribution in [0.1, 0.15) is 45.4 Å². The fourth-order valence-electron chi connectivity index (χ4n) is 2.79. The number of Topliss-reactive ketones (excluding diaryl/α,β-unsaturated/α-hetero) is 1. The molecule has 1 aliphatic heterocycles. The minimum Gasteiger partial charge on any atom is -0.352 e. The molecule has 1 atom stereocenters. The van der Waals surface area contributed by atoms with Gasteiger partial charge in [-0.15, -0.1) is 0 Å². The number of nitrogens with one attached hydrogen (secondary N) is 3. The fraction of sp³-hybridized carbons (Fsp3) is 0.579. The van der Waals surface area contributed by atoms with Gasteiger partial charge < -0.3 is 21.7 Å². The van der Waals surface area contributed by atoms with E-state index in [-0.39, 0.29) is 36.5 Å². The number of nitrogens with zero attached hydrogens (tertiary/aromatic N) is 1. The number of rotatable bonds is 14. The number of amides is 6. The van der Waals surface area contributed by atoms with Crippen LogP contribution in [0.3, 0.4) is 0 Å². The first-order valence-electron chi connectivity index (χ1n) is 9.84. The van der Waals surface area contributed by atoms with E-state index in [1.165, 1.54) is 19.1 Å². The Kier molecular flexibility index (Phi) is 10.8. The first-order chi connectivity index (χ1) is 14.2. The molecular weight excluding hydrogens is 394 g/mol. The molecule has 6 amide bonds. The Bertz CT molecular complexity index is 688. The maximum absolute atomic E-state index is 11.9. The highest BCUT2D eigenvalue weighted by Gasteiger charge is 2.22. The van der Waals surface area contributed by atoms with E-state index in [1.54, 1.807) is 0 Å². The zero-order valence-corrected chi connectivity index (χ0v) is 17.1. The van der Waals surface area contributed by atoms with E-state index in [2.05, 4.69) is 16.0 Å². The normalized spacial score (nSPS) is 13.8. The molecule has 1 unspecified atom stereocenters. The third-order valence-electron chi connectivity index (χ3n) is 4.43. The van der Waals surface area contributed by atoms with Gasteiger partial charge in [0.1, 0.15) is 0 Å². The molecule has 0 spiro atoms. The van der Waals surface area contributed by atoms with E-state index in [0.717, 1.165) is 4.90 Å². The van der Waals surface area contributed by atoms with Crippen LogP contribution < -0.4 is 21.7 Å². The Labute approximate surface area is 174 Å². The molecule has 1 rings (SSSR count). The van der Waals surface area contributed by atoms with Crippen LogP contribution in [0.15, 0.2) is 12.2 Å². The van der Waals surface area contributed by atoms with Gasteiger partial charge in [0.15, 0.2) is 5.78 Å². The molecule has 0 fully saturated rings. The van der Waals surface area contributed by atoms with E-state index in [4.69, 9.17) is 5.73 Å². The highest BCUT2D eigenvalue weighted by atomic mass is 16.2. The predicted octanol–water partition coefficient (Wildman–Crippen LogP) is -0.890. The molecular formula is C19H29N5O6. The van der Waals surface area contributed by atoms with Crippen LogP contribution in [0.2, 0.25) is 0 Å². The van der Waals surface area contributed by atoms with Gasteiger partial charge >= 0.3 is 6.03 Å². The number of carbonyl (C=O) groups is 6. The second-order valence-electron chi connectivity index (χ2n) is 6.91. The third-order valence-corrected chi connectivity index (χ3v) is 4.43. The summed E-state index contributed by atoms with van der Waals surface area (Å²) in [4.78, 5) is 69.9. The number of nitrogens with two attached hydrogens (primary N) is 1. The maximum Gasteiger partial charge on any atom is 0.312 e. The molecule has 30 heavy (non-hydrogen) atoms. The minimum absolute atomic E-state index is 0.211. The van der Waals surface area contributed by atoms with Gasteiger partial charge in [-0.05, 0) is 32.6 Å². The summed E-state index contributed by atoms with van der Waals surface area (Å²) in [6.07, 6.45) is 5.28. The summed E-state index contributed by atoms with van der Waals surface area (Å²) in [6.45, 7) is 1.72. The minimum atomic E-state index is -0.699. The highest BCUT2D eigenvalue weighted by molar-refractivity contribution is 6.12. The third kappa shape index (κ3) is 9.80. The van der Waals surface area contributed by atoms with E-state index in [9.17, 15) is 28.8 Å². The lowest BCUT2D eigenvalue weighted by molar-refractivity contribution is -0.137. The molecule has 0 radical (unpaired) electrons. The smallest absolute Gasteiger partial charge is 0.312 e. The number of primary amides is 1. The Morgan fingerprint density at radius 2 is 1.63 bits per heavy atom. The summed E-state index contributed by atoms with van der Waals surface area (Å²) >= 11 is 0. The van der Waals surface area contributed by atoms with Gasteiger partial charge in [0.2, 0.25) is 11.8 Å². The van der Waals surface area contributed by atoms with Crippen LogP contribution in [0.5, 0.6) is 0 Å².